The number of aromatic amines is 1. The molecule has 3 rings (SSSR count). The molecule has 0 saturated heterocycles. The molecule has 6 nitrogen and oxygen atoms in total. The Morgan fingerprint density at radius 2 is 2.00 bits per heavy atom. The van der Waals surface area contributed by atoms with Crippen LogP contribution in [0.5, 0.6) is 0 Å². The summed E-state index contributed by atoms with van der Waals surface area (Å²) >= 11 is 1.13. The number of pyridine rings is 1. The third-order valence-corrected chi connectivity index (χ3v) is 4.73. The zero-order valence-corrected chi connectivity index (χ0v) is 14.4. The molecule has 0 aliphatic heterocycles. The van der Waals surface area contributed by atoms with Crippen LogP contribution < -0.4 is 11.2 Å². The fourth-order valence-electron chi connectivity index (χ4n) is 2.42. The maximum absolute atomic E-state index is 13.1. The number of fused-ring (bicyclic) bond motifs is 1. The van der Waals surface area contributed by atoms with Gasteiger partial charge < -0.3 is 0 Å². The number of nitriles is 1. The molecule has 1 aromatic carbocycles. The van der Waals surface area contributed by atoms with Crippen molar-refractivity contribution in [3.63, 3.8) is 0 Å². The van der Waals surface area contributed by atoms with Crippen molar-refractivity contribution in [1.29, 1.82) is 5.26 Å². The molecule has 3 aromatic rings. The van der Waals surface area contributed by atoms with Crippen LogP contribution >= 0.6 is 11.8 Å². The van der Waals surface area contributed by atoms with Crippen LogP contribution in [0.25, 0.3) is 10.9 Å². The molecule has 0 radical (unpaired) electrons. The van der Waals surface area contributed by atoms with E-state index >= 15 is 0 Å². The third-order valence-electron chi connectivity index (χ3n) is 3.69. The van der Waals surface area contributed by atoms with E-state index in [9.17, 15) is 22.8 Å². The van der Waals surface area contributed by atoms with Crippen LogP contribution in [0.4, 0.5) is 13.2 Å². The van der Waals surface area contributed by atoms with E-state index in [2.05, 4.69) is 4.98 Å². The highest BCUT2D eigenvalue weighted by molar-refractivity contribution is 7.99. The van der Waals surface area contributed by atoms with Gasteiger partial charge in [-0.3, -0.25) is 14.3 Å². The number of H-pyrrole nitrogens is 1. The van der Waals surface area contributed by atoms with E-state index in [4.69, 9.17) is 5.26 Å². The molecular weight excluding hydrogens is 381 g/mol. The Bertz CT molecular complexity index is 1160. The zero-order chi connectivity index (χ0) is 19.6. The number of para-hydroxylation sites is 1. The first-order chi connectivity index (χ1) is 12.8. The molecule has 10 heteroatoms. The lowest BCUT2D eigenvalue weighted by molar-refractivity contribution is -0.141. The van der Waals surface area contributed by atoms with Crippen molar-refractivity contribution in [3.8, 4) is 6.07 Å². The molecule has 2 aromatic heterocycles. The molecule has 0 fully saturated rings. The summed E-state index contributed by atoms with van der Waals surface area (Å²) < 4.78 is 40.4. The van der Waals surface area contributed by atoms with Crippen LogP contribution in [0.1, 0.15) is 11.3 Å². The molecule has 0 unspecified atom stereocenters. The van der Waals surface area contributed by atoms with Gasteiger partial charge >= 0.3 is 11.9 Å². The predicted molar refractivity (Wildman–Crippen MR) is 93.5 cm³/mol. The molecule has 0 aliphatic rings. The Kier molecular flexibility index (Phi) is 5.05. The molecule has 0 saturated carbocycles. The summed E-state index contributed by atoms with van der Waals surface area (Å²) in [5, 5.41) is 9.43. The van der Waals surface area contributed by atoms with Crippen LogP contribution in [0, 0.1) is 11.3 Å². The third kappa shape index (κ3) is 4.03. The number of nitrogens with one attached hydrogen (secondary N) is 1. The number of benzene rings is 1. The summed E-state index contributed by atoms with van der Waals surface area (Å²) in [6, 6.07) is 9.13. The lowest BCUT2D eigenvalue weighted by atomic mass is 10.2. The van der Waals surface area contributed by atoms with Gasteiger partial charge in [-0.25, -0.2) is 9.78 Å². The number of hydrogen-bond acceptors (Lipinski definition) is 5. The first-order valence-electron chi connectivity index (χ1n) is 7.63. The molecule has 27 heavy (non-hydrogen) atoms. The minimum Gasteiger partial charge on any atom is -0.298 e. The van der Waals surface area contributed by atoms with Crippen LogP contribution in [-0.2, 0) is 12.7 Å². The normalized spacial score (nSPS) is 11.5. The van der Waals surface area contributed by atoms with Crippen LogP contribution in [-0.4, -0.2) is 20.3 Å². The summed E-state index contributed by atoms with van der Waals surface area (Å²) in [4.78, 5) is 29.2. The molecule has 0 atom stereocenters. The minimum absolute atomic E-state index is 0.104. The monoisotopic (exact) mass is 392 g/mol. The van der Waals surface area contributed by atoms with Crippen molar-refractivity contribution in [2.75, 3.05) is 5.75 Å². The topological polar surface area (TPSA) is 91.5 Å². The van der Waals surface area contributed by atoms with Crippen LogP contribution in [0.2, 0.25) is 0 Å². The second kappa shape index (κ2) is 7.28. The summed E-state index contributed by atoms with van der Waals surface area (Å²) in [5.41, 5.74) is -2.44. The molecular formula is C17H11F3N4O2S. The van der Waals surface area contributed by atoms with E-state index in [1.807, 2.05) is 4.98 Å². The van der Waals surface area contributed by atoms with E-state index in [0.717, 1.165) is 28.6 Å². The maximum atomic E-state index is 13.1. The van der Waals surface area contributed by atoms with Crippen LogP contribution in [0.15, 0.2) is 51.0 Å². The van der Waals surface area contributed by atoms with Gasteiger partial charge in [-0.2, -0.15) is 18.4 Å². The average Bonchev–Trinajstić information content (AvgIpc) is 2.62. The van der Waals surface area contributed by atoms with Gasteiger partial charge in [0, 0.05) is 28.8 Å². The Morgan fingerprint density at radius 1 is 1.26 bits per heavy atom. The fourth-order valence-corrected chi connectivity index (χ4v) is 3.45. The van der Waals surface area contributed by atoms with Crippen LogP contribution in [0.3, 0.4) is 0 Å². The largest absolute Gasteiger partial charge is 0.433 e. The predicted octanol–water partition coefficient (Wildman–Crippen LogP) is 2.77. The zero-order valence-electron chi connectivity index (χ0n) is 13.6. The smallest absolute Gasteiger partial charge is 0.298 e. The number of hydrogen-bond donors (Lipinski definition) is 1. The minimum atomic E-state index is -4.57. The van der Waals surface area contributed by atoms with Gasteiger partial charge in [0.15, 0.2) is 0 Å². The molecule has 0 bridgehead atoms. The molecule has 138 valence electrons. The fraction of sp³-hybridized carbons (Fsp3) is 0.176. The van der Waals surface area contributed by atoms with Crippen molar-refractivity contribution in [3.05, 3.63) is 68.6 Å². The second-order valence-corrected chi connectivity index (χ2v) is 6.61. The van der Waals surface area contributed by atoms with Gasteiger partial charge in [-0.05, 0) is 12.1 Å². The van der Waals surface area contributed by atoms with E-state index in [-0.39, 0.29) is 23.4 Å². The lowest BCUT2D eigenvalue weighted by Gasteiger charge is -2.12. The standard InChI is InChI=1S/C17H11F3N4O2S/c18-17(19,20)14-7-13(11-3-1-2-4-12(11)22-14)27-6-5-24-9-10(8-21)15(25)23-16(24)26/h1-4,7,9H,5-6H2,(H,23,25,26). The molecule has 0 aliphatic carbocycles. The van der Waals surface area contributed by atoms with Gasteiger partial charge in [0.25, 0.3) is 5.56 Å². The molecule has 1 N–H and O–H groups in total. The van der Waals surface area contributed by atoms with Gasteiger partial charge in [0.1, 0.15) is 17.3 Å². The number of aryl methyl sites for hydroxylation is 1. The lowest BCUT2D eigenvalue weighted by Crippen LogP contribution is -2.31. The van der Waals surface area contributed by atoms with Gasteiger partial charge in [-0.1, -0.05) is 18.2 Å². The van der Waals surface area contributed by atoms with E-state index in [0.29, 0.717) is 10.3 Å². The maximum Gasteiger partial charge on any atom is 0.433 e. The van der Waals surface area contributed by atoms with Gasteiger partial charge in [-0.15, -0.1) is 11.8 Å². The van der Waals surface area contributed by atoms with Crippen molar-refractivity contribution in [2.45, 2.75) is 17.6 Å². The Hall–Kier alpha value is -3.06. The van der Waals surface area contributed by atoms with Gasteiger partial charge in [0.2, 0.25) is 0 Å². The quantitative estimate of drug-likeness (QED) is 0.690. The van der Waals surface area contributed by atoms with Gasteiger partial charge in [0.05, 0.1) is 5.52 Å². The summed E-state index contributed by atoms with van der Waals surface area (Å²) in [6.45, 7) is 0.104. The number of thioether (sulfide) groups is 1. The Labute approximate surface area is 154 Å². The second-order valence-electron chi connectivity index (χ2n) is 5.48. The van der Waals surface area contributed by atoms with Crippen molar-refractivity contribution in [1.82, 2.24) is 14.5 Å². The summed E-state index contributed by atoms with van der Waals surface area (Å²) in [7, 11) is 0. The molecule has 0 spiro atoms. The first-order valence-corrected chi connectivity index (χ1v) is 8.62. The number of halogens is 3. The molecule has 2 heterocycles. The van der Waals surface area contributed by atoms with E-state index in [1.54, 1.807) is 24.3 Å². The van der Waals surface area contributed by atoms with E-state index in [1.165, 1.54) is 6.07 Å². The van der Waals surface area contributed by atoms with Crippen molar-refractivity contribution in [2.24, 2.45) is 0 Å². The average molecular weight is 392 g/mol. The molecule has 0 amide bonds. The number of aromatic nitrogens is 3. The number of rotatable bonds is 4. The van der Waals surface area contributed by atoms with Crippen molar-refractivity contribution < 1.29 is 13.2 Å². The Morgan fingerprint density at radius 3 is 2.70 bits per heavy atom. The summed E-state index contributed by atoms with van der Waals surface area (Å²) in [5.74, 6) is 0.252. The van der Waals surface area contributed by atoms with Crippen molar-refractivity contribution >= 4 is 22.7 Å². The Balaban J connectivity index is 1.89. The summed E-state index contributed by atoms with van der Waals surface area (Å²) in [6.07, 6.45) is -3.44. The number of alkyl halides is 3. The highest BCUT2D eigenvalue weighted by atomic mass is 32.2. The SMILES string of the molecule is N#Cc1cn(CCSc2cc(C(F)(F)F)nc3ccccc23)c(=O)[nH]c1=O. The highest BCUT2D eigenvalue weighted by Crippen LogP contribution is 2.34. The van der Waals surface area contributed by atoms with E-state index < -0.39 is 23.1 Å². The first kappa shape index (κ1) is 18.7. The number of nitrogens with zero attached hydrogens (tertiary/aromatic N) is 3. The highest BCUT2D eigenvalue weighted by Gasteiger charge is 2.33.